The Morgan fingerprint density at radius 1 is 1.22 bits per heavy atom. The van der Waals surface area contributed by atoms with E-state index in [0.29, 0.717) is 13.2 Å². The topological polar surface area (TPSA) is 61.0 Å². The van der Waals surface area contributed by atoms with Gasteiger partial charge in [0.05, 0.1) is 12.3 Å². The van der Waals surface area contributed by atoms with E-state index in [2.05, 4.69) is 9.97 Å². The lowest BCUT2D eigenvalue weighted by molar-refractivity contribution is 0.181. The summed E-state index contributed by atoms with van der Waals surface area (Å²) in [5.41, 5.74) is 9.78. The summed E-state index contributed by atoms with van der Waals surface area (Å²) in [4.78, 5) is 10.1. The molecule has 2 heterocycles. The van der Waals surface area contributed by atoms with Gasteiger partial charge in [0.15, 0.2) is 0 Å². The average molecular weight is 263 g/mol. The molecule has 0 saturated heterocycles. The standard InChI is InChI=1S/C13H17N3OS/c1-8-4-10(5-9(2)15-8)13-16-11(7-17-3)12(6-14)18-13/h4-5H,6-7,14H2,1-3H3. The van der Waals surface area contributed by atoms with Crippen molar-refractivity contribution >= 4 is 11.3 Å². The molecule has 96 valence electrons. The highest BCUT2D eigenvalue weighted by Gasteiger charge is 2.12. The first-order chi connectivity index (χ1) is 8.63. The number of rotatable bonds is 4. The molecule has 0 amide bonds. The summed E-state index contributed by atoms with van der Waals surface area (Å²) in [6.45, 7) is 4.99. The van der Waals surface area contributed by atoms with Gasteiger partial charge in [-0.15, -0.1) is 11.3 Å². The number of methoxy groups -OCH3 is 1. The van der Waals surface area contributed by atoms with Crippen molar-refractivity contribution in [1.29, 1.82) is 0 Å². The number of aromatic nitrogens is 2. The first-order valence-electron chi connectivity index (χ1n) is 5.77. The summed E-state index contributed by atoms with van der Waals surface area (Å²) in [6.07, 6.45) is 0. The van der Waals surface area contributed by atoms with Crippen LogP contribution in [0.3, 0.4) is 0 Å². The number of aryl methyl sites for hydroxylation is 2. The summed E-state index contributed by atoms with van der Waals surface area (Å²) in [6, 6.07) is 4.09. The second-order valence-corrected chi connectivity index (χ2v) is 5.25. The van der Waals surface area contributed by atoms with Crippen LogP contribution < -0.4 is 5.73 Å². The molecule has 0 unspecified atom stereocenters. The predicted octanol–water partition coefficient (Wildman–Crippen LogP) is 2.43. The van der Waals surface area contributed by atoms with Gasteiger partial charge in [0.25, 0.3) is 0 Å². The normalized spacial score (nSPS) is 10.9. The number of thiazole rings is 1. The van der Waals surface area contributed by atoms with Gasteiger partial charge >= 0.3 is 0 Å². The Bertz CT molecular complexity index is 531. The maximum absolute atomic E-state index is 5.73. The van der Waals surface area contributed by atoms with Crippen molar-refractivity contribution in [3.05, 3.63) is 34.1 Å². The Balaban J connectivity index is 2.43. The molecular weight excluding hydrogens is 246 g/mol. The molecule has 18 heavy (non-hydrogen) atoms. The molecule has 0 bridgehead atoms. The minimum atomic E-state index is 0.499. The number of pyridine rings is 1. The van der Waals surface area contributed by atoms with E-state index < -0.39 is 0 Å². The van der Waals surface area contributed by atoms with Crippen LogP contribution in [0.5, 0.6) is 0 Å². The molecule has 2 aromatic rings. The number of nitrogens with two attached hydrogens (primary N) is 1. The first-order valence-corrected chi connectivity index (χ1v) is 6.59. The molecule has 0 aliphatic heterocycles. The predicted molar refractivity (Wildman–Crippen MR) is 73.4 cm³/mol. The van der Waals surface area contributed by atoms with E-state index in [4.69, 9.17) is 10.5 Å². The number of hydrogen-bond donors (Lipinski definition) is 1. The fourth-order valence-corrected chi connectivity index (χ4v) is 2.80. The molecule has 4 nitrogen and oxygen atoms in total. The van der Waals surface area contributed by atoms with Crippen molar-refractivity contribution in [2.24, 2.45) is 5.73 Å². The van der Waals surface area contributed by atoms with Crippen LogP contribution in [0.1, 0.15) is 22.0 Å². The van der Waals surface area contributed by atoms with Crippen molar-refractivity contribution in [2.45, 2.75) is 27.0 Å². The van der Waals surface area contributed by atoms with Gasteiger partial charge in [-0.2, -0.15) is 0 Å². The summed E-state index contributed by atoms with van der Waals surface area (Å²) in [5, 5.41) is 0.983. The highest BCUT2D eigenvalue weighted by Crippen LogP contribution is 2.29. The lowest BCUT2D eigenvalue weighted by Crippen LogP contribution is -1.99. The van der Waals surface area contributed by atoms with Crippen LogP contribution in [0.15, 0.2) is 12.1 Å². The Morgan fingerprint density at radius 3 is 2.44 bits per heavy atom. The second kappa shape index (κ2) is 5.56. The molecule has 0 radical (unpaired) electrons. The van der Waals surface area contributed by atoms with Gasteiger partial charge in [0.2, 0.25) is 0 Å². The summed E-state index contributed by atoms with van der Waals surface area (Å²) >= 11 is 1.63. The van der Waals surface area contributed by atoms with Crippen molar-refractivity contribution in [1.82, 2.24) is 9.97 Å². The van der Waals surface area contributed by atoms with Crippen molar-refractivity contribution in [2.75, 3.05) is 7.11 Å². The molecule has 5 heteroatoms. The van der Waals surface area contributed by atoms with E-state index in [0.717, 1.165) is 32.5 Å². The maximum Gasteiger partial charge on any atom is 0.124 e. The lowest BCUT2D eigenvalue weighted by Gasteiger charge is -2.00. The summed E-state index contributed by atoms with van der Waals surface area (Å²) in [7, 11) is 1.67. The number of ether oxygens (including phenoxy) is 1. The molecule has 0 aromatic carbocycles. The Morgan fingerprint density at radius 2 is 1.89 bits per heavy atom. The molecule has 0 saturated carbocycles. The van der Waals surface area contributed by atoms with Gasteiger partial charge in [-0.25, -0.2) is 4.98 Å². The van der Waals surface area contributed by atoms with E-state index in [1.165, 1.54) is 0 Å². The molecule has 0 spiro atoms. The van der Waals surface area contributed by atoms with E-state index in [9.17, 15) is 0 Å². The molecule has 0 fully saturated rings. The van der Waals surface area contributed by atoms with Crippen LogP contribution in [0.25, 0.3) is 10.6 Å². The van der Waals surface area contributed by atoms with Crippen LogP contribution in [0, 0.1) is 13.8 Å². The monoisotopic (exact) mass is 263 g/mol. The van der Waals surface area contributed by atoms with Crippen molar-refractivity contribution < 1.29 is 4.74 Å². The van der Waals surface area contributed by atoms with Gasteiger partial charge < -0.3 is 10.5 Å². The molecule has 2 N–H and O–H groups in total. The molecule has 2 rings (SSSR count). The van der Waals surface area contributed by atoms with Crippen LogP contribution in [-0.2, 0) is 17.9 Å². The van der Waals surface area contributed by atoms with Gasteiger partial charge in [0, 0.05) is 35.5 Å². The molecule has 0 atom stereocenters. The van der Waals surface area contributed by atoms with Gasteiger partial charge in [-0.05, 0) is 26.0 Å². The highest BCUT2D eigenvalue weighted by atomic mass is 32.1. The molecular formula is C13H17N3OS. The van der Waals surface area contributed by atoms with Gasteiger partial charge in [-0.3, -0.25) is 4.98 Å². The van der Waals surface area contributed by atoms with Gasteiger partial charge in [0.1, 0.15) is 5.01 Å². The average Bonchev–Trinajstić information content (AvgIpc) is 2.71. The van der Waals surface area contributed by atoms with Gasteiger partial charge in [-0.1, -0.05) is 0 Å². The van der Waals surface area contributed by atoms with Crippen LogP contribution in [-0.4, -0.2) is 17.1 Å². The van der Waals surface area contributed by atoms with Crippen molar-refractivity contribution in [3.8, 4) is 10.6 Å². The second-order valence-electron chi connectivity index (χ2n) is 4.16. The van der Waals surface area contributed by atoms with Crippen LogP contribution >= 0.6 is 11.3 Å². The third-order valence-corrected chi connectivity index (χ3v) is 3.74. The Hall–Kier alpha value is -1.30. The Labute approximate surface area is 111 Å². The third-order valence-electron chi connectivity index (χ3n) is 2.57. The van der Waals surface area contributed by atoms with Crippen LogP contribution in [0.2, 0.25) is 0 Å². The number of hydrogen-bond acceptors (Lipinski definition) is 5. The lowest BCUT2D eigenvalue weighted by atomic mass is 10.2. The zero-order chi connectivity index (χ0) is 13.1. The maximum atomic E-state index is 5.73. The van der Waals surface area contributed by atoms with E-state index in [1.54, 1.807) is 18.4 Å². The zero-order valence-electron chi connectivity index (χ0n) is 10.9. The zero-order valence-corrected chi connectivity index (χ0v) is 11.7. The van der Waals surface area contributed by atoms with E-state index in [1.807, 2.05) is 26.0 Å². The van der Waals surface area contributed by atoms with E-state index >= 15 is 0 Å². The summed E-state index contributed by atoms with van der Waals surface area (Å²) in [5.74, 6) is 0. The number of nitrogens with zero attached hydrogens (tertiary/aromatic N) is 2. The minimum absolute atomic E-state index is 0.499. The molecule has 0 aliphatic carbocycles. The van der Waals surface area contributed by atoms with E-state index in [-0.39, 0.29) is 0 Å². The largest absolute Gasteiger partial charge is 0.378 e. The third kappa shape index (κ3) is 2.75. The molecule has 0 aliphatic rings. The first kappa shape index (κ1) is 13.1. The quantitative estimate of drug-likeness (QED) is 0.920. The fourth-order valence-electron chi connectivity index (χ4n) is 1.87. The smallest absolute Gasteiger partial charge is 0.124 e. The SMILES string of the molecule is COCc1nc(-c2cc(C)nc(C)c2)sc1CN. The minimum Gasteiger partial charge on any atom is -0.378 e. The molecule has 2 aromatic heterocycles. The summed E-state index contributed by atoms with van der Waals surface area (Å²) < 4.78 is 5.14. The van der Waals surface area contributed by atoms with Crippen LogP contribution in [0.4, 0.5) is 0 Å². The fraction of sp³-hybridized carbons (Fsp3) is 0.385. The highest BCUT2D eigenvalue weighted by molar-refractivity contribution is 7.15. The Kier molecular flexibility index (Phi) is 4.06. The van der Waals surface area contributed by atoms with Crippen molar-refractivity contribution in [3.63, 3.8) is 0 Å².